The van der Waals surface area contributed by atoms with Gasteiger partial charge in [0.1, 0.15) is 0 Å². The third-order valence-corrected chi connectivity index (χ3v) is 3.73. The molecule has 0 aromatic carbocycles. The van der Waals surface area contributed by atoms with Gasteiger partial charge in [-0.1, -0.05) is 26.7 Å². The number of unbranched alkanes of at least 4 members (excludes halogenated alkanes) is 1. The van der Waals surface area contributed by atoms with Gasteiger partial charge in [0.25, 0.3) is 0 Å². The molecule has 0 spiro atoms. The molecule has 0 N–H and O–H groups in total. The van der Waals surface area contributed by atoms with E-state index in [0.717, 1.165) is 6.04 Å². The van der Waals surface area contributed by atoms with Crippen LogP contribution in [0.3, 0.4) is 0 Å². The maximum absolute atomic E-state index is 2.48. The fourth-order valence-corrected chi connectivity index (χ4v) is 2.79. The zero-order valence-corrected chi connectivity index (χ0v) is 9.68. The summed E-state index contributed by atoms with van der Waals surface area (Å²) in [4.78, 5) is 0. The number of likely N-dealkylation sites (tertiary alicyclic amines) is 1. The lowest BCUT2D eigenvalue weighted by Gasteiger charge is -2.36. The lowest BCUT2D eigenvalue weighted by molar-refractivity contribution is -0.921. The Morgan fingerprint density at radius 2 is 2.00 bits per heavy atom. The zero-order chi connectivity index (χ0) is 9.73. The van der Waals surface area contributed by atoms with Crippen LogP contribution in [0.15, 0.2) is 0 Å². The van der Waals surface area contributed by atoms with Gasteiger partial charge in [-0.15, -0.1) is 0 Å². The smallest absolute Gasteiger partial charge is 0.0890 e. The summed E-state index contributed by atoms with van der Waals surface area (Å²) in [5.41, 5.74) is 0. The quantitative estimate of drug-likeness (QED) is 0.576. The van der Waals surface area contributed by atoms with Gasteiger partial charge in [0.15, 0.2) is 0 Å². The average Bonchev–Trinajstić information content (AvgIpc) is 2.46. The first-order valence-corrected chi connectivity index (χ1v) is 6.07. The monoisotopic (exact) mass is 184 g/mol. The molecule has 0 bridgehead atoms. The van der Waals surface area contributed by atoms with Crippen LogP contribution < -0.4 is 0 Å². The van der Waals surface area contributed by atoms with E-state index in [4.69, 9.17) is 0 Å². The standard InChI is InChI=1S/C12H26N/c1-4-6-10-13(3)11-7-9-12(13)8-5-2/h12H,4-11H2,1-3H3/q+1. The summed E-state index contributed by atoms with van der Waals surface area (Å²) in [7, 11) is 2.48. The van der Waals surface area contributed by atoms with Crippen molar-refractivity contribution in [2.75, 3.05) is 20.1 Å². The number of quaternary nitrogens is 1. The molecule has 0 amide bonds. The first-order valence-electron chi connectivity index (χ1n) is 6.07. The Balaban J connectivity index is 2.43. The van der Waals surface area contributed by atoms with Gasteiger partial charge in [0, 0.05) is 12.8 Å². The summed E-state index contributed by atoms with van der Waals surface area (Å²) in [6.07, 6.45) is 8.52. The summed E-state index contributed by atoms with van der Waals surface area (Å²) >= 11 is 0. The van der Waals surface area contributed by atoms with Crippen molar-refractivity contribution in [2.45, 2.75) is 58.4 Å². The number of nitrogens with zero attached hydrogens (tertiary/aromatic N) is 1. The molecule has 1 fully saturated rings. The van der Waals surface area contributed by atoms with Crippen molar-refractivity contribution in [1.82, 2.24) is 0 Å². The molecule has 13 heavy (non-hydrogen) atoms. The van der Waals surface area contributed by atoms with Crippen molar-refractivity contribution in [3.8, 4) is 0 Å². The van der Waals surface area contributed by atoms with E-state index in [2.05, 4.69) is 20.9 Å². The molecular formula is C12H26N+. The second-order valence-electron chi connectivity index (χ2n) is 4.86. The van der Waals surface area contributed by atoms with Gasteiger partial charge in [-0.2, -0.15) is 0 Å². The van der Waals surface area contributed by atoms with Crippen LogP contribution in [0, 0.1) is 0 Å². The van der Waals surface area contributed by atoms with Gasteiger partial charge in [-0.25, -0.2) is 0 Å². The molecule has 1 heterocycles. The third-order valence-electron chi connectivity index (χ3n) is 3.73. The molecule has 1 nitrogen and oxygen atoms in total. The minimum atomic E-state index is 0.983. The Kier molecular flexibility index (Phi) is 4.24. The molecular weight excluding hydrogens is 158 g/mol. The molecule has 0 aromatic rings. The molecule has 0 aromatic heterocycles. The summed E-state index contributed by atoms with van der Waals surface area (Å²) < 4.78 is 1.38. The van der Waals surface area contributed by atoms with E-state index in [0.29, 0.717) is 0 Å². The molecule has 2 atom stereocenters. The average molecular weight is 184 g/mol. The van der Waals surface area contributed by atoms with Crippen LogP contribution in [0.1, 0.15) is 52.4 Å². The van der Waals surface area contributed by atoms with Gasteiger partial charge in [0.05, 0.1) is 26.2 Å². The lowest BCUT2D eigenvalue weighted by Crippen LogP contribution is -2.48. The van der Waals surface area contributed by atoms with Crippen LogP contribution in [0.2, 0.25) is 0 Å². The fraction of sp³-hybridized carbons (Fsp3) is 1.00. The predicted octanol–water partition coefficient (Wildman–Crippen LogP) is 3.20. The van der Waals surface area contributed by atoms with E-state index >= 15 is 0 Å². The molecule has 0 aliphatic carbocycles. The minimum Gasteiger partial charge on any atom is -0.324 e. The van der Waals surface area contributed by atoms with Gasteiger partial charge in [0.2, 0.25) is 0 Å². The van der Waals surface area contributed by atoms with Crippen LogP contribution in [-0.4, -0.2) is 30.7 Å². The van der Waals surface area contributed by atoms with E-state index < -0.39 is 0 Å². The van der Waals surface area contributed by atoms with Crippen molar-refractivity contribution >= 4 is 0 Å². The first-order chi connectivity index (χ1) is 6.23. The Bertz CT molecular complexity index is 144. The molecule has 0 radical (unpaired) electrons. The second kappa shape index (κ2) is 4.99. The van der Waals surface area contributed by atoms with E-state index in [1.807, 2.05) is 0 Å². The summed E-state index contributed by atoms with van der Waals surface area (Å²) in [6, 6.07) is 0.983. The van der Waals surface area contributed by atoms with Gasteiger partial charge < -0.3 is 4.48 Å². The van der Waals surface area contributed by atoms with E-state index in [1.165, 1.54) is 56.1 Å². The van der Waals surface area contributed by atoms with E-state index in [9.17, 15) is 0 Å². The van der Waals surface area contributed by atoms with Crippen LogP contribution >= 0.6 is 0 Å². The van der Waals surface area contributed by atoms with Crippen LogP contribution in [0.4, 0.5) is 0 Å². The first kappa shape index (κ1) is 11.0. The van der Waals surface area contributed by atoms with Crippen LogP contribution in [-0.2, 0) is 0 Å². The van der Waals surface area contributed by atoms with Crippen molar-refractivity contribution < 1.29 is 4.48 Å². The van der Waals surface area contributed by atoms with Crippen LogP contribution in [0.25, 0.3) is 0 Å². The SMILES string of the molecule is CCCC[N+]1(C)CCCC1CCC. The Hall–Kier alpha value is -0.0400. The highest BCUT2D eigenvalue weighted by atomic mass is 15.4. The highest BCUT2D eigenvalue weighted by Crippen LogP contribution is 2.28. The molecule has 1 saturated heterocycles. The number of hydrogen-bond acceptors (Lipinski definition) is 0. The summed E-state index contributed by atoms with van der Waals surface area (Å²) in [6.45, 7) is 7.48. The Morgan fingerprint density at radius 3 is 2.62 bits per heavy atom. The van der Waals surface area contributed by atoms with E-state index in [-0.39, 0.29) is 0 Å². The second-order valence-corrected chi connectivity index (χ2v) is 4.86. The minimum absolute atomic E-state index is 0.983. The third kappa shape index (κ3) is 2.70. The molecule has 2 unspecified atom stereocenters. The fourth-order valence-electron chi connectivity index (χ4n) is 2.79. The predicted molar refractivity (Wildman–Crippen MR) is 58.8 cm³/mol. The maximum Gasteiger partial charge on any atom is 0.0890 e. The topological polar surface area (TPSA) is 0 Å². The zero-order valence-electron chi connectivity index (χ0n) is 9.68. The van der Waals surface area contributed by atoms with Crippen molar-refractivity contribution in [2.24, 2.45) is 0 Å². The number of rotatable bonds is 5. The van der Waals surface area contributed by atoms with Crippen LogP contribution in [0.5, 0.6) is 0 Å². The molecule has 78 valence electrons. The van der Waals surface area contributed by atoms with Gasteiger partial charge >= 0.3 is 0 Å². The number of hydrogen-bond donors (Lipinski definition) is 0. The van der Waals surface area contributed by atoms with Crippen molar-refractivity contribution in [3.05, 3.63) is 0 Å². The highest BCUT2D eigenvalue weighted by Gasteiger charge is 2.36. The normalized spacial score (nSPS) is 33.9. The molecule has 0 saturated carbocycles. The van der Waals surface area contributed by atoms with Gasteiger partial charge in [-0.05, 0) is 12.8 Å². The molecule has 1 aliphatic heterocycles. The Morgan fingerprint density at radius 1 is 1.23 bits per heavy atom. The largest absolute Gasteiger partial charge is 0.324 e. The van der Waals surface area contributed by atoms with Gasteiger partial charge in [-0.3, -0.25) is 0 Å². The van der Waals surface area contributed by atoms with Crippen molar-refractivity contribution in [3.63, 3.8) is 0 Å². The highest BCUT2D eigenvalue weighted by molar-refractivity contribution is 4.66. The van der Waals surface area contributed by atoms with Crippen molar-refractivity contribution in [1.29, 1.82) is 0 Å². The Labute approximate surface area is 83.7 Å². The maximum atomic E-state index is 2.48. The summed E-state index contributed by atoms with van der Waals surface area (Å²) in [5, 5.41) is 0. The molecule has 1 rings (SSSR count). The molecule has 1 aliphatic rings. The van der Waals surface area contributed by atoms with E-state index in [1.54, 1.807) is 0 Å². The molecule has 1 heteroatoms. The lowest BCUT2D eigenvalue weighted by atomic mass is 10.1. The summed E-state index contributed by atoms with van der Waals surface area (Å²) in [5.74, 6) is 0.